The lowest BCUT2D eigenvalue weighted by molar-refractivity contribution is 0.615. The Labute approximate surface area is 131 Å². The standard InChI is InChI=1S/C16H15BrN4/c1-10-6-7-19-9-12(10)15(21-18)16-13(17)8-11-4-2-3-5-14(11)20-16/h2-9,15,21H,18H2,1H3. The Hall–Kier alpha value is -1.82. The maximum atomic E-state index is 5.78. The summed E-state index contributed by atoms with van der Waals surface area (Å²) in [5.41, 5.74) is 6.78. The van der Waals surface area contributed by atoms with E-state index in [4.69, 9.17) is 10.8 Å². The molecule has 0 saturated carbocycles. The zero-order valence-corrected chi connectivity index (χ0v) is 13.1. The van der Waals surface area contributed by atoms with Crippen LogP contribution in [-0.4, -0.2) is 9.97 Å². The minimum absolute atomic E-state index is 0.210. The highest BCUT2D eigenvalue weighted by Crippen LogP contribution is 2.30. The Morgan fingerprint density at radius 3 is 2.81 bits per heavy atom. The Morgan fingerprint density at radius 1 is 1.24 bits per heavy atom. The van der Waals surface area contributed by atoms with E-state index in [1.165, 1.54) is 0 Å². The molecule has 1 aromatic carbocycles. The summed E-state index contributed by atoms with van der Waals surface area (Å²) in [4.78, 5) is 8.94. The van der Waals surface area contributed by atoms with Crippen LogP contribution in [0.15, 0.2) is 53.3 Å². The third-order valence-electron chi connectivity index (χ3n) is 3.54. The van der Waals surface area contributed by atoms with Crippen molar-refractivity contribution in [2.75, 3.05) is 0 Å². The van der Waals surface area contributed by atoms with Gasteiger partial charge in [-0.25, -0.2) is 10.4 Å². The van der Waals surface area contributed by atoms with Gasteiger partial charge < -0.3 is 0 Å². The average Bonchev–Trinajstić information content (AvgIpc) is 2.50. The van der Waals surface area contributed by atoms with Crippen LogP contribution in [0.3, 0.4) is 0 Å². The molecule has 21 heavy (non-hydrogen) atoms. The topological polar surface area (TPSA) is 63.8 Å². The molecule has 1 unspecified atom stereocenters. The van der Waals surface area contributed by atoms with Crippen LogP contribution in [0.4, 0.5) is 0 Å². The molecule has 0 bridgehead atoms. The van der Waals surface area contributed by atoms with Gasteiger partial charge in [0.2, 0.25) is 0 Å². The van der Waals surface area contributed by atoms with Gasteiger partial charge in [0.05, 0.1) is 17.3 Å². The maximum absolute atomic E-state index is 5.78. The van der Waals surface area contributed by atoms with Gasteiger partial charge in [0.15, 0.2) is 0 Å². The lowest BCUT2D eigenvalue weighted by Crippen LogP contribution is -2.30. The second kappa shape index (κ2) is 5.89. The Balaban J connectivity index is 2.17. The smallest absolute Gasteiger partial charge is 0.0910 e. The Kier molecular flexibility index (Phi) is 3.96. The number of nitrogens with one attached hydrogen (secondary N) is 1. The summed E-state index contributed by atoms with van der Waals surface area (Å²) in [5, 5.41) is 1.09. The molecule has 0 aliphatic rings. The summed E-state index contributed by atoms with van der Waals surface area (Å²) >= 11 is 3.60. The number of rotatable bonds is 3. The highest BCUT2D eigenvalue weighted by Gasteiger charge is 2.19. The van der Waals surface area contributed by atoms with E-state index in [0.29, 0.717) is 0 Å². The van der Waals surface area contributed by atoms with Crippen molar-refractivity contribution in [3.63, 3.8) is 0 Å². The molecule has 5 heteroatoms. The van der Waals surface area contributed by atoms with Gasteiger partial charge >= 0.3 is 0 Å². The van der Waals surface area contributed by atoms with Gasteiger partial charge in [0.1, 0.15) is 0 Å². The summed E-state index contributed by atoms with van der Waals surface area (Å²) < 4.78 is 0.924. The number of fused-ring (bicyclic) bond motifs is 1. The van der Waals surface area contributed by atoms with E-state index < -0.39 is 0 Å². The van der Waals surface area contributed by atoms with Gasteiger partial charge in [-0.1, -0.05) is 18.2 Å². The number of hydrazine groups is 1. The van der Waals surface area contributed by atoms with Crippen LogP contribution in [0.2, 0.25) is 0 Å². The van der Waals surface area contributed by atoms with E-state index in [1.807, 2.05) is 43.5 Å². The highest BCUT2D eigenvalue weighted by molar-refractivity contribution is 9.10. The molecule has 0 fully saturated rings. The molecular formula is C16H15BrN4. The zero-order valence-electron chi connectivity index (χ0n) is 11.5. The number of aryl methyl sites for hydroxylation is 1. The first-order valence-corrected chi connectivity index (χ1v) is 7.42. The fourth-order valence-electron chi connectivity index (χ4n) is 2.40. The van der Waals surface area contributed by atoms with Crippen LogP contribution in [-0.2, 0) is 0 Å². The largest absolute Gasteiger partial charge is 0.271 e. The fourth-order valence-corrected chi connectivity index (χ4v) is 2.97. The van der Waals surface area contributed by atoms with Gasteiger partial charge in [0.25, 0.3) is 0 Å². The number of hydrogen-bond donors (Lipinski definition) is 2. The summed E-state index contributed by atoms with van der Waals surface area (Å²) in [6, 6.07) is 11.8. The van der Waals surface area contributed by atoms with Crippen molar-refractivity contribution >= 4 is 26.8 Å². The number of para-hydroxylation sites is 1. The molecule has 0 amide bonds. The van der Waals surface area contributed by atoms with Crippen LogP contribution in [0.1, 0.15) is 22.9 Å². The number of pyridine rings is 2. The van der Waals surface area contributed by atoms with Crippen LogP contribution in [0, 0.1) is 6.92 Å². The molecule has 4 nitrogen and oxygen atoms in total. The first-order valence-electron chi connectivity index (χ1n) is 6.62. The van der Waals surface area contributed by atoms with Crippen molar-refractivity contribution in [2.24, 2.45) is 5.84 Å². The number of halogens is 1. The van der Waals surface area contributed by atoms with Crippen molar-refractivity contribution in [1.82, 2.24) is 15.4 Å². The molecule has 3 aromatic rings. The SMILES string of the molecule is Cc1ccncc1C(NN)c1nc2ccccc2cc1Br. The van der Waals surface area contributed by atoms with Gasteiger partial charge in [0, 0.05) is 22.3 Å². The predicted molar refractivity (Wildman–Crippen MR) is 87.6 cm³/mol. The molecule has 3 rings (SSSR count). The first-order chi connectivity index (χ1) is 10.2. The van der Waals surface area contributed by atoms with Crippen LogP contribution < -0.4 is 11.3 Å². The van der Waals surface area contributed by atoms with E-state index in [1.54, 1.807) is 6.20 Å². The molecule has 106 valence electrons. The quantitative estimate of drug-likeness (QED) is 0.566. The van der Waals surface area contributed by atoms with E-state index >= 15 is 0 Å². The van der Waals surface area contributed by atoms with Crippen molar-refractivity contribution in [3.8, 4) is 0 Å². The van der Waals surface area contributed by atoms with Crippen molar-refractivity contribution < 1.29 is 0 Å². The molecule has 0 spiro atoms. The summed E-state index contributed by atoms with van der Waals surface area (Å²) in [5.74, 6) is 5.78. The van der Waals surface area contributed by atoms with Crippen LogP contribution in [0.25, 0.3) is 10.9 Å². The van der Waals surface area contributed by atoms with E-state index in [-0.39, 0.29) is 6.04 Å². The minimum atomic E-state index is -0.210. The molecule has 0 saturated heterocycles. The van der Waals surface area contributed by atoms with Gasteiger partial charge in [-0.15, -0.1) is 0 Å². The second-order valence-electron chi connectivity index (χ2n) is 4.88. The second-order valence-corrected chi connectivity index (χ2v) is 5.73. The average molecular weight is 343 g/mol. The summed E-state index contributed by atoms with van der Waals surface area (Å²) in [6.07, 6.45) is 3.60. The molecule has 3 N–H and O–H groups in total. The lowest BCUT2D eigenvalue weighted by atomic mass is 10.0. The molecule has 0 aliphatic carbocycles. The molecule has 0 aliphatic heterocycles. The number of nitrogens with two attached hydrogens (primary N) is 1. The predicted octanol–water partition coefficient (Wildman–Crippen LogP) is 3.25. The summed E-state index contributed by atoms with van der Waals surface area (Å²) in [7, 11) is 0. The molecule has 1 atom stereocenters. The number of aromatic nitrogens is 2. The van der Waals surface area contributed by atoms with Gasteiger partial charge in [-0.2, -0.15) is 0 Å². The molecule has 2 aromatic heterocycles. The van der Waals surface area contributed by atoms with E-state index in [0.717, 1.165) is 32.2 Å². The van der Waals surface area contributed by atoms with Gasteiger partial charge in [-0.05, 0) is 52.2 Å². The van der Waals surface area contributed by atoms with Crippen LogP contribution in [0.5, 0.6) is 0 Å². The number of nitrogens with zero attached hydrogens (tertiary/aromatic N) is 2. The molecule has 0 radical (unpaired) electrons. The van der Waals surface area contributed by atoms with E-state index in [2.05, 4.69) is 32.4 Å². The Morgan fingerprint density at radius 2 is 2.05 bits per heavy atom. The van der Waals surface area contributed by atoms with Gasteiger partial charge in [-0.3, -0.25) is 10.8 Å². The zero-order chi connectivity index (χ0) is 14.8. The first kappa shape index (κ1) is 14.1. The fraction of sp³-hybridized carbons (Fsp3) is 0.125. The number of hydrogen-bond acceptors (Lipinski definition) is 4. The van der Waals surface area contributed by atoms with E-state index in [9.17, 15) is 0 Å². The number of benzene rings is 1. The van der Waals surface area contributed by atoms with Crippen molar-refractivity contribution in [1.29, 1.82) is 0 Å². The third-order valence-corrected chi connectivity index (χ3v) is 4.17. The minimum Gasteiger partial charge on any atom is -0.271 e. The lowest BCUT2D eigenvalue weighted by Gasteiger charge is -2.19. The monoisotopic (exact) mass is 342 g/mol. The van der Waals surface area contributed by atoms with Crippen molar-refractivity contribution in [3.05, 3.63) is 70.1 Å². The Bertz CT molecular complexity index is 788. The summed E-state index contributed by atoms with van der Waals surface area (Å²) in [6.45, 7) is 2.04. The molecule has 2 heterocycles. The molecular weight excluding hydrogens is 328 g/mol. The third kappa shape index (κ3) is 2.68. The van der Waals surface area contributed by atoms with Crippen LogP contribution >= 0.6 is 15.9 Å². The normalized spacial score (nSPS) is 12.5. The maximum Gasteiger partial charge on any atom is 0.0910 e. The highest BCUT2D eigenvalue weighted by atomic mass is 79.9. The van der Waals surface area contributed by atoms with Crippen molar-refractivity contribution in [2.45, 2.75) is 13.0 Å².